The molecule has 2 fully saturated rings. The number of piperidine rings is 1. The summed E-state index contributed by atoms with van der Waals surface area (Å²) in [6.45, 7) is 6.36. The Morgan fingerprint density at radius 1 is 1.26 bits per heavy atom. The molecule has 2 aliphatic heterocycles. The summed E-state index contributed by atoms with van der Waals surface area (Å²) < 4.78 is 0. The summed E-state index contributed by atoms with van der Waals surface area (Å²) in [7, 11) is 0. The Bertz CT molecular complexity index is 277. The van der Waals surface area contributed by atoms with E-state index < -0.39 is 0 Å². The fourth-order valence-corrected chi connectivity index (χ4v) is 3.35. The molecule has 0 aromatic heterocycles. The zero-order chi connectivity index (χ0) is 13.5. The van der Waals surface area contributed by atoms with E-state index in [-0.39, 0.29) is 11.9 Å². The second-order valence-electron chi connectivity index (χ2n) is 5.88. The minimum atomic E-state index is 0.143. The minimum Gasteiger partial charge on any atom is -0.355 e. The fourth-order valence-electron chi connectivity index (χ4n) is 3.35. The lowest BCUT2D eigenvalue weighted by Gasteiger charge is -2.35. The van der Waals surface area contributed by atoms with Crippen molar-refractivity contribution in [3.8, 4) is 0 Å². The molecule has 2 aliphatic rings. The fraction of sp³-hybridized carbons (Fsp3) is 0.933. The molecule has 0 bridgehead atoms. The van der Waals surface area contributed by atoms with E-state index in [0.717, 1.165) is 39.0 Å². The lowest BCUT2D eigenvalue weighted by Crippen LogP contribution is -2.50. The minimum absolute atomic E-state index is 0.143. The first kappa shape index (κ1) is 14.8. The van der Waals surface area contributed by atoms with Gasteiger partial charge in [-0.3, -0.25) is 9.69 Å². The van der Waals surface area contributed by atoms with E-state index in [9.17, 15) is 4.79 Å². The van der Waals surface area contributed by atoms with Crippen molar-refractivity contribution in [2.75, 3.05) is 26.2 Å². The number of hydrogen-bond acceptors (Lipinski definition) is 3. The second-order valence-corrected chi connectivity index (χ2v) is 5.88. The largest absolute Gasteiger partial charge is 0.355 e. The highest BCUT2D eigenvalue weighted by Crippen LogP contribution is 2.24. The number of hydrogen-bond donors (Lipinski definition) is 2. The van der Waals surface area contributed by atoms with Crippen LogP contribution in [0.2, 0.25) is 0 Å². The third-order valence-electron chi connectivity index (χ3n) is 4.45. The van der Waals surface area contributed by atoms with Crippen molar-refractivity contribution in [3.63, 3.8) is 0 Å². The molecule has 1 atom stereocenters. The third-order valence-corrected chi connectivity index (χ3v) is 4.45. The highest BCUT2D eigenvalue weighted by atomic mass is 16.2. The Kier molecular flexibility index (Phi) is 6.11. The first-order chi connectivity index (χ1) is 9.33. The zero-order valence-corrected chi connectivity index (χ0v) is 12.3. The van der Waals surface area contributed by atoms with Gasteiger partial charge in [-0.2, -0.15) is 0 Å². The van der Waals surface area contributed by atoms with Crippen LogP contribution in [0.4, 0.5) is 0 Å². The molecule has 1 unspecified atom stereocenters. The number of nitrogens with zero attached hydrogens (tertiary/aromatic N) is 1. The summed E-state index contributed by atoms with van der Waals surface area (Å²) in [5, 5.41) is 6.54. The van der Waals surface area contributed by atoms with E-state index >= 15 is 0 Å². The van der Waals surface area contributed by atoms with E-state index in [1.807, 2.05) is 0 Å². The van der Waals surface area contributed by atoms with Gasteiger partial charge in [0.05, 0.1) is 6.04 Å². The van der Waals surface area contributed by atoms with Gasteiger partial charge < -0.3 is 10.6 Å². The molecule has 110 valence electrons. The molecule has 2 N–H and O–H groups in total. The van der Waals surface area contributed by atoms with Gasteiger partial charge in [-0.1, -0.05) is 19.8 Å². The number of amides is 1. The van der Waals surface area contributed by atoms with E-state index in [0.29, 0.717) is 6.04 Å². The van der Waals surface area contributed by atoms with Gasteiger partial charge in [0.1, 0.15) is 0 Å². The van der Waals surface area contributed by atoms with Gasteiger partial charge in [0, 0.05) is 12.6 Å². The van der Waals surface area contributed by atoms with Crippen molar-refractivity contribution in [2.45, 2.75) is 64.0 Å². The Labute approximate surface area is 117 Å². The molecule has 1 amide bonds. The van der Waals surface area contributed by atoms with Crippen molar-refractivity contribution >= 4 is 5.91 Å². The molecule has 0 aliphatic carbocycles. The van der Waals surface area contributed by atoms with Crippen LogP contribution in [0.5, 0.6) is 0 Å². The van der Waals surface area contributed by atoms with Gasteiger partial charge >= 0.3 is 0 Å². The zero-order valence-electron chi connectivity index (χ0n) is 12.3. The lowest BCUT2D eigenvalue weighted by atomic mass is 10.0. The van der Waals surface area contributed by atoms with E-state index in [1.54, 1.807) is 0 Å². The van der Waals surface area contributed by atoms with Gasteiger partial charge in [-0.15, -0.1) is 0 Å². The lowest BCUT2D eigenvalue weighted by molar-refractivity contribution is -0.126. The number of unbranched alkanes of at least 4 members (excludes halogenated alkanes) is 2. The average molecular weight is 267 g/mol. The number of likely N-dealkylation sites (tertiary alicyclic amines) is 1. The molecule has 4 nitrogen and oxygen atoms in total. The van der Waals surface area contributed by atoms with Crippen LogP contribution in [0.15, 0.2) is 0 Å². The van der Waals surface area contributed by atoms with Crippen molar-refractivity contribution in [1.82, 2.24) is 15.5 Å². The summed E-state index contributed by atoms with van der Waals surface area (Å²) in [6.07, 6.45) is 8.14. The molecule has 2 heterocycles. The van der Waals surface area contributed by atoms with Crippen LogP contribution in [0.1, 0.15) is 51.9 Å². The van der Waals surface area contributed by atoms with Crippen LogP contribution in [-0.2, 0) is 4.79 Å². The third kappa shape index (κ3) is 4.18. The molecule has 19 heavy (non-hydrogen) atoms. The molecule has 0 saturated carbocycles. The maximum atomic E-state index is 12.3. The van der Waals surface area contributed by atoms with Gasteiger partial charge in [-0.25, -0.2) is 0 Å². The van der Waals surface area contributed by atoms with Crippen LogP contribution < -0.4 is 10.6 Å². The molecule has 0 radical (unpaired) electrons. The summed E-state index contributed by atoms with van der Waals surface area (Å²) in [6, 6.07) is 0.764. The highest BCUT2D eigenvalue weighted by Gasteiger charge is 2.35. The molecule has 2 saturated heterocycles. The summed E-state index contributed by atoms with van der Waals surface area (Å²) in [4.78, 5) is 14.8. The Morgan fingerprint density at radius 2 is 2.05 bits per heavy atom. The predicted octanol–water partition coefficient (Wildman–Crippen LogP) is 1.51. The van der Waals surface area contributed by atoms with E-state index in [2.05, 4.69) is 22.5 Å². The van der Waals surface area contributed by atoms with Gasteiger partial charge in [0.2, 0.25) is 5.91 Å². The molecule has 2 rings (SSSR count). The first-order valence-corrected chi connectivity index (χ1v) is 8.07. The quantitative estimate of drug-likeness (QED) is 0.717. The Morgan fingerprint density at radius 3 is 2.79 bits per heavy atom. The maximum absolute atomic E-state index is 12.3. The standard InChI is InChI=1S/C15H29N3O/c1-2-3-4-9-17-15(19)14-6-5-12-18(14)13-7-10-16-11-8-13/h13-14,16H,2-12H2,1H3,(H,17,19). The number of carbonyl (C=O) groups is 1. The Hall–Kier alpha value is -0.610. The van der Waals surface area contributed by atoms with Crippen molar-refractivity contribution < 1.29 is 4.79 Å². The van der Waals surface area contributed by atoms with Crippen molar-refractivity contribution in [1.29, 1.82) is 0 Å². The number of rotatable bonds is 6. The SMILES string of the molecule is CCCCCNC(=O)C1CCCN1C1CCNCC1. The van der Waals surface area contributed by atoms with Crippen LogP contribution >= 0.6 is 0 Å². The van der Waals surface area contributed by atoms with Gasteiger partial charge in [0.15, 0.2) is 0 Å². The molecule has 0 spiro atoms. The van der Waals surface area contributed by atoms with E-state index in [4.69, 9.17) is 0 Å². The van der Waals surface area contributed by atoms with Gasteiger partial charge in [-0.05, 0) is 51.7 Å². The van der Waals surface area contributed by atoms with Gasteiger partial charge in [0.25, 0.3) is 0 Å². The smallest absolute Gasteiger partial charge is 0.237 e. The highest BCUT2D eigenvalue weighted by molar-refractivity contribution is 5.82. The monoisotopic (exact) mass is 267 g/mol. The molecule has 4 heteroatoms. The van der Waals surface area contributed by atoms with Crippen LogP contribution in [-0.4, -0.2) is 49.1 Å². The average Bonchev–Trinajstić information content (AvgIpc) is 2.94. The number of carbonyl (C=O) groups excluding carboxylic acids is 1. The summed E-state index contributed by atoms with van der Waals surface area (Å²) in [5.74, 6) is 0.270. The number of nitrogens with one attached hydrogen (secondary N) is 2. The molecular weight excluding hydrogens is 238 g/mol. The van der Waals surface area contributed by atoms with Crippen LogP contribution in [0.3, 0.4) is 0 Å². The van der Waals surface area contributed by atoms with E-state index in [1.165, 1.54) is 32.1 Å². The van der Waals surface area contributed by atoms with Crippen molar-refractivity contribution in [2.24, 2.45) is 0 Å². The molecule has 0 aromatic carbocycles. The first-order valence-electron chi connectivity index (χ1n) is 8.07. The van der Waals surface area contributed by atoms with Crippen LogP contribution in [0.25, 0.3) is 0 Å². The summed E-state index contributed by atoms with van der Waals surface area (Å²) >= 11 is 0. The topological polar surface area (TPSA) is 44.4 Å². The second kappa shape index (κ2) is 7.85. The maximum Gasteiger partial charge on any atom is 0.237 e. The van der Waals surface area contributed by atoms with Crippen LogP contribution in [0, 0.1) is 0 Å². The predicted molar refractivity (Wildman–Crippen MR) is 78.2 cm³/mol. The van der Waals surface area contributed by atoms with Crippen molar-refractivity contribution in [3.05, 3.63) is 0 Å². The molecular formula is C15H29N3O. The molecule has 0 aromatic rings. The Balaban J connectivity index is 1.78. The summed E-state index contributed by atoms with van der Waals surface area (Å²) in [5.41, 5.74) is 0. The normalized spacial score (nSPS) is 25.6.